The van der Waals surface area contributed by atoms with E-state index < -0.39 is 12.8 Å². The second kappa shape index (κ2) is 6.48. The van der Waals surface area contributed by atoms with Crippen molar-refractivity contribution < 1.29 is 4.79 Å². The molecular formula is C11H13Cl2OP. The molecule has 1 aromatic carbocycles. The quantitative estimate of drug-likeness (QED) is 0.586. The van der Waals surface area contributed by atoms with Crippen LogP contribution in [0.4, 0.5) is 0 Å². The third-order valence-corrected chi connectivity index (χ3v) is 5.27. The molecule has 0 fully saturated rings. The molecule has 0 aliphatic heterocycles. The first-order valence-electron chi connectivity index (χ1n) is 4.81. The summed E-state index contributed by atoms with van der Waals surface area (Å²) in [6.07, 6.45) is 1.82. The Hall–Kier alpha value is -0.100. The first kappa shape index (κ1) is 13.0. The first-order valence-corrected chi connectivity index (χ1v) is 7.21. The van der Waals surface area contributed by atoms with Crippen LogP contribution in [0.25, 0.3) is 0 Å². The fourth-order valence-corrected chi connectivity index (χ4v) is 3.97. The minimum Gasteiger partial charge on any atom is -0.291 e. The molecule has 0 saturated carbocycles. The van der Waals surface area contributed by atoms with Gasteiger partial charge in [0.1, 0.15) is 0 Å². The minimum absolute atomic E-state index is 0.0404. The van der Waals surface area contributed by atoms with Gasteiger partial charge < -0.3 is 0 Å². The summed E-state index contributed by atoms with van der Waals surface area (Å²) in [5.74, 6) is 0. The molecule has 0 amide bonds. The van der Waals surface area contributed by atoms with E-state index in [0.29, 0.717) is 0 Å². The van der Waals surface area contributed by atoms with Crippen LogP contribution in [0.1, 0.15) is 13.3 Å². The van der Waals surface area contributed by atoms with Crippen LogP contribution in [0.2, 0.25) is 0 Å². The van der Waals surface area contributed by atoms with E-state index >= 15 is 0 Å². The van der Waals surface area contributed by atoms with Crippen molar-refractivity contribution in [1.82, 2.24) is 0 Å². The number of carbonyl (C=O) groups excluding carboxylic acids is 1. The van der Waals surface area contributed by atoms with Crippen LogP contribution in [0, 0.1) is 0 Å². The number of benzene rings is 1. The first-order chi connectivity index (χ1) is 7.16. The van der Waals surface area contributed by atoms with Crippen molar-refractivity contribution in [3.63, 3.8) is 0 Å². The van der Waals surface area contributed by atoms with Crippen LogP contribution in [0.5, 0.6) is 0 Å². The highest BCUT2D eigenvalue weighted by molar-refractivity contribution is 7.82. The third kappa shape index (κ3) is 3.75. The van der Waals surface area contributed by atoms with Gasteiger partial charge in [-0.1, -0.05) is 66.9 Å². The Kier molecular flexibility index (Phi) is 5.60. The van der Waals surface area contributed by atoms with Gasteiger partial charge in [0.05, 0.1) is 0 Å². The molecule has 0 spiro atoms. The van der Waals surface area contributed by atoms with Crippen molar-refractivity contribution in [2.24, 2.45) is 0 Å². The Morgan fingerprint density at radius 3 is 2.40 bits per heavy atom. The van der Waals surface area contributed by atoms with E-state index in [0.717, 1.165) is 17.9 Å². The highest BCUT2D eigenvalue weighted by Crippen LogP contribution is 2.39. The molecular weight excluding hydrogens is 250 g/mol. The minimum atomic E-state index is -0.900. The summed E-state index contributed by atoms with van der Waals surface area (Å²) in [4.78, 5) is 10.9. The molecule has 0 heterocycles. The standard InChI is InChI=1S/C11H13Cl2OP/c1-2-8-15(11(14)10(12)13)9-6-4-3-5-7-9/h3-7,10H,2,8H2,1H3. The van der Waals surface area contributed by atoms with Crippen molar-refractivity contribution in [2.75, 3.05) is 6.16 Å². The van der Waals surface area contributed by atoms with Gasteiger partial charge in [-0.3, -0.25) is 4.79 Å². The fraction of sp³-hybridized carbons (Fsp3) is 0.364. The second-order valence-corrected chi connectivity index (χ2v) is 6.48. The van der Waals surface area contributed by atoms with Crippen LogP contribution in [-0.2, 0) is 4.79 Å². The van der Waals surface area contributed by atoms with Gasteiger partial charge in [0, 0.05) is 0 Å². The average molecular weight is 263 g/mol. The van der Waals surface area contributed by atoms with Crippen LogP contribution in [0.15, 0.2) is 30.3 Å². The van der Waals surface area contributed by atoms with E-state index in [9.17, 15) is 4.79 Å². The lowest BCUT2D eigenvalue weighted by atomic mass is 10.4. The van der Waals surface area contributed by atoms with Gasteiger partial charge in [-0.25, -0.2) is 0 Å². The topological polar surface area (TPSA) is 17.1 Å². The SMILES string of the molecule is CCCP(C(=O)C(Cl)Cl)c1ccccc1. The molecule has 1 nitrogen and oxygen atoms in total. The molecule has 0 aliphatic rings. The largest absolute Gasteiger partial charge is 0.291 e. The number of halogens is 2. The lowest BCUT2D eigenvalue weighted by Crippen LogP contribution is -2.15. The molecule has 15 heavy (non-hydrogen) atoms. The predicted molar refractivity (Wildman–Crippen MR) is 68.7 cm³/mol. The molecule has 1 unspecified atom stereocenters. The van der Waals surface area contributed by atoms with E-state index in [1.165, 1.54) is 0 Å². The summed E-state index contributed by atoms with van der Waals surface area (Å²) < 4.78 is 0. The monoisotopic (exact) mass is 262 g/mol. The smallest absolute Gasteiger partial charge is 0.191 e. The van der Waals surface area contributed by atoms with E-state index in [1.54, 1.807) is 0 Å². The summed E-state index contributed by atoms with van der Waals surface area (Å²) in [7, 11) is -0.859. The Balaban J connectivity index is 2.88. The maximum atomic E-state index is 11.8. The van der Waals surface area contributed by atoms with Gasteiger partial charge in [0.2, 0.25) is 0 Å². The molecule has 0 N–H and O–H groups in total. The Morgan fingerprint density at radius 1 is 1.33 bits per heavy atom. The predicted octanol–water partition coefficient (Wildman–Crippen LogP) is 3.53. The highest BCUT2D eigenvalue weighted by Gasteiger charge is 2.24. The summed E-state index contributed by atoms with van der Waals surface area (Å²) in [5, 5.41) is 1.06. The van der Waals surface area contributed by atoms with Crippen LogP contribution >= 0.6 is 31.1 Å². The van der Waals surface area contributed by atoms with Gasteiger partial charge in [0.25, 0.3) is 0 Å². The second-order valence-electron chi connectivity index (χ2n) is 3.13. The number of carbonyl (C=O) groups is 1. The molecule has 1 rings (SSSR count). The van der Waals surface area contributed by atoms with Crippen LogP contribution in [-0.4, -0.2) is 16.5 Å². The van der Waals surface area contributed by atoms with Crippen LogP contribution < -0.4 is 5.30 Å². The van der Waals surface area contributed by atoms with Crippen molar-refractivity contribution >= 4 is 42.0 Å². The van der Waals surface area contributed by atoms with Gasteiger partial charge in [-0.05, 0) is 19.4 Å². The lowest BCUT2D eigenvalue weighted by Gasteiger charge is -2.16. The summed E-state index contributed by atoms with van der Waals surface area (Å²) in [5.41, 5.74) is -0.0404. The molecule has 0 bridgehead atoms. The maximum absolute atomic E-state index is 11.8. The molecule has 0 aliphatic carbocycles. The van der Waals surface area contributed by atoms with Gasteiger partial charge in [-0.2, -0.15) is 0 Å². The molecule has 0 aromatic heterocycles. The zero-order valence-corrected chi connectivity index (χ0v) is 10.9. The lowest BCUT2D eigenvalue weighted by molar-refractivity contribution is -0.110. The zero-order valence-electron chi connectivity index (χ0n) is 8.49. The highest BCUT2D eigenvalue weighted by atomic mass is 35.5. The number of alkyl halides is 2. The zero-order chi connectivity index (χ0) is 11.3. The van der Waals surface area contributed by atoms with Gasteiger partial charge in [-0.15, -0.1) is 0 Å². The van der Waals surface area contributed by atoms with E-state index in [1.807, 2.05) is 30.3 Å². The molecule has 4 heteroatoms. The van der Waals surface area contributed by atoms with Crippen molar-refractivity contribution in [3.8, 4) is 0 Å². The number of hydrogen-bond acceptors (Lipinski definition) is 1. The molecule has 1 aromatic rings. The molecule has 82 valence electrons. The van der Waals surface area contributed by atoms with Crippen molar-refractivity contribution in [2.45, 2.75) is 18.2 Å². The van der Waals surface area contributed by atoms with Crippen molar-refractivity contribution in [3.05, 3.63) is 30.3 Å². The normalized spacial score (nSPS) is 12.8. The summed E-state index contributed by atoms with van der Waals surface area (Å²) in [6.45, 7) is 2.06. The van der Waals surface area contributed by atoms with E-state index in [-0.39, 0.29) is 5.52 Å². The Labute approximate surface area is 102 Å². The third-order valence-electron chi connectivity index (χ3n) is 1.97. The van der Waals surface area contributed by atoms with Crippen molar-refractivity contribution in [1.29, 1.82) is 0 Å². The summed E-state index contributed by atoms with van der Waals surface area (Å²) in [6, 6.07) is 9.74. The Bertz CT molecular complexity index is 314. The van der Waals surface area contributed by atoms with Gasteiger partial charge in [0.15, 0.2) is 10.4 Å². The maximum Gasteiger partial charge on any atom is 0.191 e. The molecule has 0 saturated heterocycles. The number of hydrogen-bond donors (Lipinski definition) is 0. The molecule has 0 radical (unpaired) electrons. The van der Waals surface area contributed by atoms with E-state index in [2.05, 4.69) is 6.92 Å². The summed E-state index contributed by atoms with van der Waals surface area (Å²) >= 11 is 11.3. The van der Waals surface area contributed by atoms with Crippen LogP contribution in [0.3, 0.4) is 0 Å². The molecule has 1 atom stereocenters. The van der Waals surface area contributed by atoms with E-state index in [4.69, 9.17) is 23.2 Å². The average Bonchev–Trinajstić information content (AvgIpc) is 2.26. The number of rotatable bonds is 5. The van der Waals surface area contributed by atoms with Gasteiger partial charge >= 0.3 is 0 Å². The fourth-order valence-electron chi connectivity index (χ4n) is 1.32. The Morgan fingerprint density at radius 2 is 1.93 bits per heavy atom.